The highest BCUT2D eigenvalue weighted by Crippen LogP contribution is 2.28. The summed E-state index contributed by atoms with van der Waals surface area (Å²) in [5.41, 5.74) is 4.92. The van der Waals surface area contributed by atoms with Crippen LogP contribution in [0.3, 0.4) is 0 Å². The number of sulfonamides is 1. The molecule has 0 aromatic heterocycles. The van der Waals surface area contributed by atoms with Crippen LogP contribution in [0.2, 0.25) is 0 Å². The summed E-state index contributed by atoms with van der Waals surface area (Å²) in [4.78, 5) is 9.48. The van der Waals surface area contributed by atoms with Crippen molar-refractivity contribution in [2.75, 3.05) is 6.54 Å². The van der Waals surface area contributed by atoms with Crippen LogP contribution in [0.1, 0.15) is 13.3 Å². The molecule has 0 saturated heterocycles. The van der Waals surface area contributed by atoms with E-state index in [0.717, 1.165) is 18.2 Å². The zero-order valence-electron chi connectivity index (χ0n) is 10.2. The summed E-state index contributed by atoms with van der Waals surface area (Å²) in [5.74, 6) is -0.589. The average Bonchev–Trinajstić information content (AvgIpc) is 2.35. The van der Waals surface area contributed by atoms with E-state index in [1.165, 1.54) is 0 Å². The van der Waals surface area contributed by atoms with Gasteiger partial charge in [-0.2, -0.15) is 0 Å². The molecule has 1 aromatic rings. The largest absolute Gasteiger partial charge is 0.502 e. The molecule has 4 N–H and O–H groups in total. The van der Waals surface area contributed by atoms with Gasteiger partial charge in [0.15, 0.2) is 5.75 Å². The minimum atomic E-state index is -3.88. The van der Waals surface area contributed by atoms with Crippen molar-refractivity contribution in [1.29, 1.82) is 0 Å². The Labute approximate surface area is 110 Å². The first kappa shape index (κ1) is 15.3. The number of phenolic OH excluding ortho intramolecular Hbond substituents is 1. The molecule has 8 nitrogen and oxygen atoms in total. The molecule has 0 aliphatic heterocycles. The van der Waals surface area contributed by atoms with E-state index in [0.29, 0.717) is 6.42 Å². The van der Waals surface area contributed by atoms with Gasteiger partial charge in [-0.1, -0.05) is 6.92 Å². The van der Waals surface area contributed by atoms with Crippen molar-refractivity contribution in [3.63, 3.8) is 0 Å². The Morgan fingerprint density at radius 2 is 2.16 bits per heavy atom. The fraction of sp³-hybridized carbons (Fsp3) is 0.400. The van der Waals surface area contributed by atoms with Gasteiger partial charge in [0, 0.05) is 18.7 Å². The number of nitrogens with zero attached hydrogens (tertiary/aromatic N) is 1. The van der Waals surface area contributed by atoms with Gasteiger partial charge < -0.3 is 10.8 Å². The first-order chi connectivity index (χ1) is 8.77. The summed E-state index contributed by atoms with van der Waals surface area (Å²) >= 11 is 0. The molecule has 0 radical (unpaired) electrons. The van der Waals surface area contributed by atoms with Gasteiger partial charge in [-0.15, -0.1) is 0 Å². The van der Waals surface area contributed by atoms with E-state index in [1.54, 1.807) is 0 Å². The molecule has 106 valence electrons. The Morgan fingerprint density at radius 1 is 1.53 bits per heavy atom. The zero-order chi connectivity index (χ0) is 14.6. The van der Waals surface area contributed by atoms with Crippen molar-refractivity contribution < 1.29 is 18.4 Å². The average molecular weight is 289 g/mol. The molecule has 1 aromatic carbocycles. The quantitative estimate of drug-likeness (QED) is 0.509. The van der Waals surface area contributed by atoms with Gasteiger partial charge >= 0.3 is 5.69 Å². The summed E-state index contributed by atoms with van der Waals surface area (Å²) in [7, 11) is -3.88. The number of nitro groups is 1. The molecular weight excluding hydrogens is 274 g/mol. The lowest BCUT2D eigenvalue weighted by Crippen LogP contribution is -2.36. The molecule has 0 saturated carbocycles. The van der Waals surface area contributed by atoms with Crippen LogP contribution in [0.4, 0.5) is 5.69 Å². The maximum atomic E-state index is 11.9. The molecule has 19 heavy (non-hydrogen) atoms. The lowest BCUT2D eigenvalue weighted by molar-refractivity contribution is -0.386. The van der Waals surface area contributed by atoms with Crippen LogP contribution in [0.25, 0.3) is 0 Å². The van der Waals surface area contributed by atoms with Crippen molar-refractivity contribution in [3.8, 4) is 5.75 Å². The van der Waals surface area contributed by atoms with Gasteiger partial charge in [0.25, 0.3) is 0 Å². The number of phenols is 1. The minimum Gasteiger partial charge on any atom is -0.502 e. The fourth-order valence-corrected chi connectivity index (χ4v) is 2.38. The second-order valence-corrected chi connectivity index (χ2v) is 5.69. The van der Waals surface area contributed by atoms with E-state index < -0.39 is 26.4 Å². The smallest absolute Gasteiger partial charge is 0.312 e. The standard InChI is InChI=1S/C10H15N3O5S/c1-2-7(11)6-12-19(17,18)8-3-4-10(14)9(5-8)13(15)16/h3-5,7,12,14H,2,6,11H2,1H3. The minimum absolute atomic E-state index is 0.0352. The fourth-order valence-electron chi connectivity index (χ4n) is 1.26. The van der Waals surface area contributed by atoms with Crippen LogP contribution in [0, 0.1) is 10.1 Å². The molecule has 0 bridgehead atoms. The van der Waals surface area contributed by atoms with E-state index >= 15 is 0 Å². The summed E-state index contributed by atoms with van der Waals surface area (Å²) in [6.07, 6.45) is 0.595. The van der Waals surface area contributed by atoms with Crippen molar-refractivity contribution in [3.05, 3.63) is 28.3 Å². The second-order valence-electron chi connectivity index (χ2n) is 3.93. The summed E-state index contributed by atoms with van der Waals surface area (Å²) in [5, 5.41) is 19.9. The number of aromatic hydroxyl groups is 1. The van der Waals surface area contributed by atoms with Gasteiger partial charge in [0.2, 0.25) is 10.0 Å². The van der Waals surface area contributed by atoms with E-state index in [1.807, 2.05) is 6.92 Å². The van der Waals surface area contributed by atoms with Gasteiger partial charge in [0.05, 0.1) is 9.82 Å². The van der Waals surface area contributed by atoms with Gasteiger partial charge in [0.1, 0.15) is 0 Å². The number of hydrogen-bond acceptors (Lipinski definition) is 6. The van der Waals surface area contributed by atoms with Crippen LogP contribution in [0.15, 0.2) is 23.1 Å². The third-order valence-electron chi connectivity index (χ3n) is 2.51. The van der Waals surface area contributed by atoms with Crippen LogP contribution < -0.4 is 10.5 Å². The van der Waals surface area contributed by atoms with E-state index in [4.69, 9.17) is 5.73 Å². The normalized spacial score (nSPS) is 13.2. The Bertz CT molecular complexity index is 573. The van der Waals surface area contributed by atoms with Gasteiger partial charge in [-0.05, 0) is 18.6 Å². The third-order valence-corrected chi connectivity index (χ3v) is 3.94. The molecule has 0 fully saturated rings. The molecule has 1 unspecified atom stereocenters. The first-order valence-corrected chi connectivity index (χ1v) is 6.99. The Kier molecular flexibility index (Phi) is 4.81. The van der Waals surface area contributed by atoms with Crippen molar-refractivity contribution in [2.45, 2.75) is 24.3 Å². The highest BCUT2D eigenvalue weighted by molar-refractivity contribution is 7.89. The number of hydrogen-bond donors (Lipinski definition) is 3. The van der Waals surface area contributed by atoms with Crippen molar-refractivity contribution in [2.24, 2.45) is 5.73 Å². The topological polar surface area (TPSA) is 136 Å². The van der Waals surface area contributed by atoms with E-state index in [-0.39, 0.29) is 17.5 Å². The van der Waals surface area contributed by atoms with Gasteiger partial charge in [-0.25, -0.2) is 13.1 Å². The maximum absolute atomic E-state index is 11.9. The predicted octanol–water partition coefficient (Wildman–Crippen LogP) is 0.316. The van der Waals surface area contributed by atoms with E-state index in [9.17, 15) is 23.6 Å². The Balaban J connectivity index is 3.02. The zero-order valence-corrected chi connectivity index (χ0v) is 11.1. The molecule has 1 atom stereocenters. The Hall–Kier alpha value is -1.71. The van der Waals surface area contributed by atoms with Crippen molar-refractivity contribution in [1.82, 2.24) is 4.72 Å². The van der Waals surface area contributed by atoms with Gasteiger partial charge in [-0.3, -0.25) is 10.1 Å². The highest BCUT2D eigenvalue weighted by Gasteiger charge is 2.21. The molecule has 0 heterocycles. The van der Waals surface area contributed by atoms with Crippen LogP contribution in [-0.2, 0) is 10.0 Å². The summed E-state index contributed by atoms with van der Waals surface area (Å²) in [6.45, 7) is 1.85. The molecule has 1 rings (SSSR count). The monoisotopic (exact) mass is 289 g/mol. The number of nitro benzene ring substituents is 1. The molecule has 0 spiro atoms. The lowest BCUT2D eigenvalue weighted by atomic mass is 10.2. The van der Waals surface area contributed by atoms with Crippen LogP contribution in [0.5, 0.6) is 5.75 Å². The molecule has 9 heteroatoms. The number of rotatable bonds is 6. The van der Waals surface area contributed by atoms with Crippen LogP contribution >= 0.6 is 0 Å². The Morgan fingerprint density at radius 3 is 2.68 bits per heavy atom. The predicted molar refractivity (Wildman–Crippen MR) is 68.2 cm³/mol. The molecule has 0 aliphatic carbocycles. The van der Waals surface area contributed by atoms with Crippen LogP contribution in [-0.4, -0.2) is 31.0 Å². The van der Waals surface area contributed by atoms with E-state index in [2.05, 4.69) is 4.72 Å². The number of benzene rings is 1. The summed E-state index contributed by atoms with van der Waals surface area (Å²) < 4.78 is 26.0. The highest BCUT2D eigenvalue weighted by atomic mass is 32.2. The first-order valence-electron chi connectivity index (χ1n) is 5.50. The molecule has 0 amide bonds. The molecular formula is C10H15N3O5S. The summed E-state index contributed by atoms with van der Waals surface area (Å²) in [6, 6.07) is 2.52. The lowest BCUT2D eigenvalue weighted by Gasteiger charge is -2.11. The molecule has 0 aliphatic rings. The number of nitrogens with two attached hydrogens (primary N) is 1. The van der Waals surface area contributed by atoms with Crippen molar-refractivity contribution >= 4 is 15.7 Å². The second kappa shape index (κ2) is 5.95. The SMILES string of the molecule is CCC(N)CNS(=O)(=O)c1ccc(O)c([N+](=O)[O-])c1. The number of nitrogens with one attached hydrogen (secondary N) is 1. The maximum Gasteiger partial charge on any atom is 0.312 e. The third kappa shape index (κ3) is 3.88.